The number of H-pyrrole nitrogens is 1. The highest BCUT2D eigenvalue weighted by atomic mass is 16.5. The quantitative estimate of drug-likeness (QED) is 0.725. The third kappa shape index (κ3) is 2.28. The van der Waals surface area contributed by atoms with Gasteiger partial charge in [0.05, 0.1) is 23.4 Å². The number of hydrogen-bond donors (Lipinski definition) is 2. The molecule has 0 amide bonds. The van der Waals surface area contributed by atoms with Crippen molar-refractivity contribution in [3.8, 4) is 11.4 Å². The van der Waals surface area contributed by atoms with Gasteiger partial charge in [-0.2, -0.15) is 0 Å². The topological polar surface area (TPSA) is 93.9 Å². The Morgan fingerprint density at radius 1 is 1.27 bits per heavy atom. The van der Waals surface area contributed by atoms with Crippen LogP contribution in [0.15, 0.2) is 30.3 Å². The fourth-order valence-electron chi connectivity index (χ4n) is 2.38. The normalized spacial score (nSPS) is 10.8. The van der Waals surface area contributed by atoms with E-state index in [-0.39, 0.29) is 12.3 Å². The summed E-state index contributed by atoms with van der Waals surface area (Å²) in [5.41, 5.74) is 8.75. The minimum atomic E-state index is -0.487. The molecule has 6 nitrogen and oxygen atoms in total. The third-order valence-corrected chi connectivity index (χ3v) is 3.38. The Morgan fingerprint density at radius 2 is 2.00 bits per heavy atom. The van der Waals surface area contributed by atoms with E-state index in [2.05, 4.69) is 15.0 Å². The van der Waals surface area contributed by atoms with Crippen LogP contribution in [0, 0.1) is 6.92 Å². The highest BCUT2D eigenvalue weighted by Gasteiger charge is 2.20. The maximum atomic E-state index is 11.9. The zero-order valence-electron chi connectivity index (χ0n) is 12.4. The summed E-state index contributed by atoms with van der Waals surface area (Å²) in [6, 6.07) is 9.63. The van der Waals surface area contributed by atoms with Gasteiger partial charge in [-0.3, -0.25) is 0 Å². The summed E-state index contributed by atoms with van der Waals surface area (Å²) >= 11 is 0. The summed E-state index contributed by atoms with van der Waals surface area (Å²) < 4.78 is 4.99. The maximum absolute atomic E-state index is 11.9. The van der Waals surface area contributed by atoms with Crippen molar-refractivity contribution < 1.29 is 9.53 Å². The molecule has 0 fully saturated rings. The van der Waals surface area contributed by atoms with Crippen LogP contribution in [0.1, 0.15) is 23.1 Å². The summed E-state index contributed by atoms with van der Waals surface area (Å²) in [6.07, 6.45) is 0. The van der Waals surface area contributed by atoms with Crippen LogP contribution in [0.25, 0.3) is 22.4 Å². The van der Waals surface area contributed by atoms with Crippen LogP contribution in [0.2, 0.25) is 0 Å². The first-order valence-electron chi connectivity index (χ1n) is 7.00. The molecular weight excluding hydrogens is 280 g/mol. The predicted molar refractivity (Wildman–Crippen MR) is 84.4 cm³/mol. The molecule has 0 bridgehead atoms. The van der Waals surface area contributed by atoms with Crippen molar-refractivity contribution >= 4 is 22.7 Å². The Labute approximate surface area is 127 Å². The van der Waals surface area contributed by atoms with Gasteiger partial charge in [-0.05, 0) is 13.8 Å². The summed E-state index contributed by atoms with van der Waals surface area (Å²) in [5, 5.41) is 0.655. The van der Waals surface area contributed by atoms with Gasteiger partial charge in [0.2, 0.25) is 0 Å². The Kier molecular flexibility index (Phi) is 3.50. The zero-order chi connectivity index (χ0) is 15.7. The van der Waals surface area contributed by atoms with E-state index in [1.165, 1.54) is 0 Å². The minimum absolute atomic E-state index is 0.222. The molecule has 0 saturated carbocycles. The number of hydrogen-bond acceptors (Lipinski definition) is 5. The Morgan fingerprint density at radius 3 is 2.68 bits per heavy atom. The molecule has 0 atom stereocenters. The smallest absolute Gasteiger partial charge is 0.356 e. The summed E-state index contributed by atoms with van der Waals surface area (Å²) in [6.45, 7) is 3.87. The number of aryl methyl sites for hydroxylation is 1. The van der Waals surface area contributed by atoms with Crippen molar-refractivity contribution in [1.29, 1.82) is 0 Å². The first-order valence-corrected chi connectivity index (χ1v) is 7.00. The van der Waals surface area contributed by atoms with Crippen LogP contribution in [0.5, 0.6) is 0 Å². The number of carbonyl (C=O) groups excluding carboxylic acids is 1. The number of ether oxygens (including phenoxy) is 1. The molecule has 0 aliphatic heterocycles. The Balaban J connectivity index is 2.17. The lowest BCUT2D eigenvalue weighted by atomic mass is 10.2. The summed E-state index contributed by atoms with van der Waals surface area (Å²) in [5.74, 6) is 0.0981. The Bertz CT molecular complexity index is 840. The number of aromatic nitrogens is 3. The summed E-state index contributed by atoms with van der Waals surface area (Å²) in [4.78, 5) is 23.8. The Hall–Kier alpha value is -2.89. The van der Waals surface area contributed by atoms with Gasteiger partial charge in [0.1, 0.15) is 5.65 Å². The van der Waals surface area contributed by atoms with Gasteiger partial charge in [0.25, 0.3) is 0 Å². The molecule has 6 heteroatoms. The van der Waals surface area contributed by atoms with Gasteiger partial charge >= 0.3 is 5.97 Å². The molecule has 3 aromatic rings. The van der Waals surface area contributed by atoms with Crippen molar-refractivity contribution in [3.05, 3.63) is 41.7 Å². The number of rotatable bonds is 3. The second kappa shape index (κ2) is 5.48. The number of carbonyl (C=O) groups is 1. The fraction of sp³-hybridized carbons (Fsp3) is 0.188. The average molecular weight is 296 g/mol. The lowest BCUT2D eigenvalue weighted by molar-refractivity contribution is 0.0522. The van der Waals surface area contributed by atoms with Gasteiger partial charge in [-0.15, -0.1) is 0 Å². The van der Waals surface area contributed by atoms with Gasteiger partial charge in [-0.1, -0.05) is 30.3 Å². The van der Waals surface area contributed by atoms with Crippen LogP contribution in [-0.4, -0.2) is 27.5 Å². The molecular formula is C16H16N4O2. The molecule has 112 valence electrons. The molecule has 0 radical (unpaired) electrons. The molecule has 0 saturated heterocycles. The van der Waals surface area contributed by atoms with Crippen molar-refractivity contribution in [2.75, 3.05) is 12.3 Å². The molecule has 3 rings (SSSR count). The van der Waals surface area contributed by atoms with Crippen molar-refractivity contribution in [3.63, 3.8) is 0 Å². The molecule has 22 heavy (non-hydrogen) atoms. The molecule has 2 aromatic heterocycles. The second-order valence-corrected chi connectivity index (χ2v) is 4.86. The summed E-state index contributed by atoms with van der Waals surface area (Å²) in [7, 11) is 0. The largest absolute Gasteiger partial charge is 0.461 e. The fourth-order valence-corrected chi connectivity index (χ4v) is 2.38. The van der Waals surface area contributed by atoms with Crippen LogP contribution in [0.4, 0.5) is 5.69 Å². The number of benzene rings is 1. The molecule has 0 aliphatic rings. The van der Waals surface area contributed by atoms with Crippen molar-refractivity contribution in [2.45, 2.75) is 13.8 Å². The zero-order valence-corrected chi connectivity index (χ0v) is 12.4. The van der Waals surface area contributed by atoms with E-state index in [1.54, 1.807) is 6.92 Å². The van der Waals surface area contributed by atoms with Crippen molar-refractivity contribution in [1.82, 2.24) is 15.0 Å². The number of nitrogens with two attached hydrogens (primary N) is 1. The van der Waals surface area contributed by atoms with E-state index in [0.29, 0.717) is 28.2 Å². The van der Waals surface area contributed by atoms with E-state index in [0.717, 1.165) is 5.56 Å². The number of fused-ring (bicyclic) bond motifs is 1. The van der Waals surface area contributed by atoms with Crippen LogP contribution in [-0.2, 0) is 4.74 Å². The molecule has 0 spiro atoms. The molecule has 2 heterocycles. The lowest BCUT2D eigenvalue weighted by Gasteiger charge is -2.03. The van der Waals surface area contributed by atoms with Crippen LogP contribution < -0.4 is 5.73 Å². The van der Waals surface area contributed by atoms with Crippen LogP contribution >= 0.6 is 0 Å². The van der Waals surface area contributed by atoms with Gasteiger partial charge in [0, 0.05) is 5.56 Å². The first kappa shape index (κ1) is 14.1. The predicted octanol–water partition coefficient (Wildman–Crippen LogP) is 2.69. The number of anilines is 1. The highest BCUT2D eigenvalue weighted by Crippen LogP contribution is 2.28. The van der Waals surface area contributed by atoms with Crippen LogP contribution in [0.3, 0.4) is 0 Å². The SMILES string of the molecule is CCOC(=O)c1[nH]c2nc(-c3ccccc3)nc(C)c2c1N. The van der Waals surface area contributed by atoms with E-state index in [9.17, 15) is 4.79 Å². The number of esters is 1. The number of aromatic amines is 1. The standard InChI is InChI=1S/C16H16N4O2/c1-3-22-16(21)13-12(17)11-9(2)18-14(20-15(11)19-13)10-7-5-4-6-8-10/h4-8H,3,17H2,1-2H3,(H,18,19,20). The molecule has 0 aliphatic carbocycles. The number of nitrogen functional groups attached to an aromatic ring is 1. The second-order valence-electron chi connectivity index (χ2n) is 4.86. The maximum Gasteiger partial charge on any atom is 0.356 e. The molecule has 1 aromatic carbocycles. The lowest BCUT2D eigenvalue weighted by Crippen LogP contribution is -2.07. The first-order chi connectivity index (χ1) is 10.6. The number of nitrogens with zero attached hydrogens (tertiary/aromatic N) is 2. The van der Waals surface area contributed by atoms with Crippen molar-refractivity contribution in [2.24, 2.45) is 0 Å². The van der Waals surface area contributed by atoms with Gasteiger partial charge in [-0.25, -0.2) is 14.8 Å². The number of nitrogens with one attached hydrogen (secondary N) is 1. The van der Waals surface area contributed by atoms with E-state index >= 15 is 0 Å². The average Bonchev–Trinajstić information content (AvgIpc) is 2.86. The molecule has 0 unspecified atom stereocenters. The van der Waals surface area contributed by atoms with E-state index < -0.39 is 5.97 Å². The highest BCUT2D eigenvalue weighted by molar-refractivity contribution is 6.05. The van der Waals surface area contributed by atoms with Gasteiger partial charge < -0.3 is 15.5 Å². The van der Waals surface area contributed by atoms with Gasteiger partial charge in [0.15, 0.2) is 11.5 Å². The van der Waals surface area contributed by atoms with E-state index in [1.807, 2.05) is 37.3 Å². The minimum Gasteiger partial charge on any atom is -0.461 e. The van der Waals surface area contributed by atoms with E-state index in [4.69, 9.17) is 10.5 Å². The molecule has 3 N–H and O–H groups in total. The monoisotopic (exact) mass is 296 g/mol. The third-order valence-electron chi connectivity index (χ3n) is 3.38.